The summed E-state index contributed by atoms with van der Waals surface area (Å²) in [5.74, 6) is -1.86. The number of imide groups is 2. The Balaban J connectivity index is 1.11. The van der Waals surface area contributed by atoms with Crippen molar-refractivity contribution in [2.45, 2.75) is 82.7 Å². The number of carbonyl (C=O) groups excluding carboxylic acids is 4. The van der Waals surface area contributed by atoms with Gasteiger partial charge < -0.3 is 15.0 Å². The predicted octanol–water partition coefficient (Wildman–Crippen LogP) is 1.21. The third kappa shape index (κ3) is 4.42. The number of hydrogen-bond donors (Lipinski definition) is 2. The van der Waals surface area contributed by atoms with Crippen molar-refractivity contribution in [1.82, 2.24) is 20.4 Å². The van der Waals surface area contributed by atoms with Gasteiger partial charge in [0.1, 0.15) is 6.04 Å². The number of piperidine rings is 2. The van der Waals surface area contributed by atoms with Crippen molar-refractivity contribution in [3.05, 3.63) is 28.8 Å². The van der Waals surface area contributed by atoms with Crippen LogP contribution in [0.3, 0.4) is 0 Å². The van der Waals surface area contributed by atoms with Crippen molar-refractivity contribution in [1.29, 1.82) is 0 Å². The number of fused-ring (bicyclic) bond motifs is 1. The number of ether oxygens (including phenoxy) is 1. The maximum Gasteiger partial charge on any atom is 0.262 e. The Morgan fingerprint density at radius 3 is 2.42 bits per heavy atom. The van der Waals surface area contributed by atoms with E-state index in [9.17, 15) is 19.2 Å². The lowest BCUT2D eigenvalue weighted by Crippen LogP contribution is -2.59. The van der Waals surface area contributed by atoms with Gasteiger partial charge in [-0.05, 0) is 76.7 Å². The Kier molecular flexibility index (Phi) is 6.74. The first kappa shape index (κ1) is 25.5. The van der Waals surface area contributed by atoms with Crippen molar-refractivity contribution in [2.75, 3.05) is 37.6 Å². The van der Waals surface area contributed by atoms with Crippen LogP contribution in [0.5, 0.6) is 0 Å². The Labute approximate surface area is 223 Å². The van der Waals surface area contributed by atoms with Crippen LogP contribution in [0.2, 0.25) is 0 Å². The lowest BCUT2D eigenvalue weighted by molar-refractivity contribution is -0.136. The number of piperazine rings is 1. The van der Waals surface area contributed by atoms with E-state index in [4.69, 9.17) is 4.74 Å². The normalized spacial score (nSPS) is 30.9. The molecule has 204 valence electrons. The maximum atomic E-state index is 13.4. The average molecular weight is 524 g/mol. The second-order valence-electron chi connectivity index (χ2n) is 11.4. The highest BCUT2D eigenvalue weighted by atomic mass is 16.5. The Hall–Kier alpha value is -2.82. The van der Waals surface area contributed by atoms with Crippen LogP contribution >= 0.6 is 0 Å². The van der Waals surface area contributed by atoms with Crippen LogP contribution in [0, 0.1) is 6.92 Å². The molecule has 6 rings (SSSR count). The molecule has 10 nitrogen and oxygen atoms in total. The van der Waals surface area contributed by atoms with Gasteiger partial charge in [0.15, 0.2) is 0 Å². The summed E-state index contributed by atoms with van der Waals surface area (Å²) in [6.45, 7) is 8.94. The molecule has 1 aromatic rings. The van der Waals surface area contributed by atoms with Gasteiger partial charge in [0, 0.05) is 43.8 Å². The van der Waals surface area contributed by atoms with Gasteiger partial charge in [0.2, 0.25) is 11.8 Å². The molecule has 2 N–H and O–H groups in total. The van der Waals surface area contributed by atoms with Crippen LogP contribution in [0.15, 0.2) is 12.1 Å². The second kappa shape index (κ2) is 10.1. The predicted molar refractivity (Wildman–Crippen MR) is 140 cm³/mol. The lowest BCUT2D eigenvalue weighted by Gasteiger charge is -2.50. The van der Waals surface area contributed by atoms with E-state index in [0.717, 1.165) is 74.6 Å². The number of nitrogens with zero attached hydrogens (tertiary/aromatic N) is 3. The molecule has 3 saturated heterocycles. The van der Waals surface area contributed by atoms with E-state index < -0.39 is 23.8 Å². The molecule has 1 aromatic carbocycles. The van der Waals surface area contributed by atoms with Gasteiger partial charge in [0.05, 0.1) is 23.3 Å². The summed E-state index contributed by atoms with van der Waals surface area (Å²) in [5, 5.41) is 5.65. The van der Waals surface area contributed by atoms with Crippen molar-refractivity contribution >= 4 is 29.3 Å². The number of anilines is 1. The Morgan fingerprint density at radius 1 is 0.947 bits per heavy atom. The topological polar surface area (TPSA) is 111 Å². The first-order chi connectivity index (χ1) is 18.3. The summed E-state index contributed by atoms with van der Waals surface area (Å²) in [6.07, 6.45) is 5.47. The highest BCUT2D eigenvalue weighted by molar-refractivity contribution is 6.24. The van der Waals surface area contributed by atoms with Crippen LogP contribution in [-0.2, 0) is 14.3 Å². The minimum absolute atomic E-state index is 0.113. The van der Waals surface area contributed by atoms with E-state index in [0.29, 0.717) is 29.4 Å². The van der Waals surface area contributed by atoms with E-state index in [-0.39, 0.29) is 24.8 Å². The van der Waals surface area contributed by atoms with Crippen LogP contribution in [0.4, 0.5) is 5.69 Å². The van der Waals surface area contributed by atoms with E-state index in [2.05, 4.69) is 27.4 Å². The molecule has 1 saturated carbocycles. The first-order valence-corrected chi connectivity index (χ1v) is 14.0. The summed E-state index contributed by atoms with van der Waals surface area (Å²) in [4.78, 5) is 56.5. The minimum Gasteiger partial charge on any atom is -0.375 e. The van der Waals surface area contributed by atoms with Crippen LogP contribution in [-0.4, -0.2) is 96.5 Å². The quantitative estimate of drug-likeness (QED) is 0.554. The Bertz CT molecular complexity index is 1160. The van der Waals surface area contributed by atoms with E-state index in [1.54, 1.807) is 6.07 Å². The van der Waals surface area contributed by atoms with Gasteiger partial charge in [-0.25, -0.2) is 0 Å². The number of carbonyl (C=O) groups is 4. The smallest absolute Gasteiger partial charge is 0.262 e. The fourth-order valence-electron chi connectivity index (χ4n) is 6.85. The van der Waals surface area contributed by atoms with Gasteiger partial charge in [0.25, 0.3) is 11.8 Å². The molecular formula is C28H37N5O5. The lowest BCUT2D eigenvalue weighted by atomic mass is 9.86. The number of benzene rings is 1. The average Bonchev–Trinajstić information content (AvgIpc) is 3.13. The molecule has 0 bridgehead atoms. The molecule has 4 amide bonds. The molecular weight excluding hydrogens is 486 g/mol. The molecule has 1 unspecified atom stereocenters. The van der Waals surface area contributed by atoms with Gasteiger partial charge in [-0.1, -0.05) is 0 Å². The van der Waals surface area contributed by atoms with E-state index >= 15 is 0 Å². The fraction of sp³-hybridized carbons (Fsp3) is 0.643. The molecule has 0 aromatic heterocycles. The molecule has 0 radical (unpaired) electrons. The molecule has 10 heteroatoms. The minimum atomic E-state index is -0.949. The second-order valence-corrected chi connectivity index (χ2v) is 11.4. The zero-order chi connectivity index (χ0) is 26.6. The summed E-state index contributed by atoms with van der Waals surface area (Å²) >= 11 is 0. The number of hydrogen-bond acceptors (Lipinski definition) is 8. The van der Waals surface area contributed by atoms with Crippen LogP contribution in [0.1, 0.15) is 71.7 Å². The maximum absolute atomic E-state index is 13.4. The molecule has 1 aliphatic carbocycles. The van der Waals surface area contributed by atoms with Crippen molar-refractivity contribution in [3.63, 3.8) is 0 Å². The third-order valence-electron chi connectivity index (χ3n) is 9.07. The SMILES string of the molecule is Cc1c(N2CCN(C3CC(OC4CCNCC4)C3)C[C@H]2C)ccc2c1C(=O)N(C1CCC(=O)NC1=O)C2=O. The van der Waals surface area contributed by atoms with Gasteiger partial charge in [-0.3, -0.25) is 34.3 Å². The van der Waals surface area contributed by atoms with Crippen molar-refractivity contribution < 1.29 is 23.9 Å². The summed E-state index contributed by atoms with van der Waals surface area (Å²) in [5.41, 5.74) is 2.45. The fourth-order valence-corrected chi connectivity index (χ4v) is 6.85. The molecule has 4 fully saturated rings. The van der Waals surface area contributed by atoms with Crippen molar-refractivity contribution in [2.24, 2.45) is 0 Å². The first-order valence-electron chi connectivity index (χ1n) is 14.0. The van der Waals surface area contributed by atoms with Gasteiger partial charge in [-0.2, -0.15) is 0 Å². The molecule has 2 atom stereocenters. The zero-order valence-corrected chi connectivity index (χ0v) is 22.2. The van der Waals surface area contributed by atoms with E-state index in [1.807, 2.05) is 13.0 Å². The summed E-state index contributed by atoms with van der Waals surface area (Å²) in [7, 11) is 0. The standard InChI is InChI=1S/C28H37N5O5/c1-16-15-31(18-13-20(14-18)38-19-7-9-29-10-8-19)11-12-32(16)22-4-3-21-25(17(22)2)28(37)33(27(21)36)23-5-6-24(34)30-26(23)35/h3-4,16,18-20,23,29H,5-15H2,1-2H3,(H,30,34,35)/t16-,18?,20?,23?/m1/s1. The molecule has 4 aliphatic heterocycles. The number of amides is 4. The van der Waals surface area contributed by atoms with Gasteiger partial charge >= 0.3 is 0 Å². The summed E-state index contributed by atoms with van der Waals surface area (Å²) < 4.78 is 6.32. The monoisotopic (exact) mass is 523 g/mol. The number of rotatable bonds is 5. The highest BCUT2D eigenvalue weighted by Gasteiger charge is 2.46. The highest BCUT2D eigenvalue weighted by Crippen LogP contribution is 2.37. The summed E-state index contributed by atoms with van der Waals surface area (Å²) in [6, 6.07) is 3.52. The van der Waals surface area contributed by atoms with Crippen LogP contribution < -0.4 is 15.5 Å². The zero-order valence-electron chi connectivity index (χ0n) is 22.2. The molecule has 4 heterocycles. The molecule has 0 spiro atoms. The van der Waals surface area contributed by atoms with Gasteiger partial charge in [-0.15, -0.1) is 0 Å². The molecule has 5 aliphatic rings. The van der Waals surface area contributed by atoms with Crippen molar-refractivity contribution in [3.8, 4) is 0 Å². The molecule has 38 heavy (non-hydrogen) atoms. The third-order valence-corrected chi connectivity index (χ3v) is 9.07. The number of nitrogens with one attached hydrogen (secondary N) is 2. The van der Waals surface area contributed by atoms with E-state index in [1.165, 1.54) is 0 Å². The Morgan fingerprint density at radius 2 is 1.71 bits per heavy atom. The largest absolute Gasteiger partial charge is 0.375 e. The van der Waals surface area contributed by atoms with Crippen LogP contribution in [0.25, 0.3) is 0 Å².